The lowest BCUT2D eigenvalue weighted by atomic mass is 10.0. The fourth-order valence-corrected chi connectivity index (χ4v) is 5.77. The van der Waals surface area contributed by atoms with Crippen molar-refractivity contribution in [2.75, 3.05) is 26.4 Å². The third-order valence-electron chi connectivity index (χ3n) is 8.00. The molecular formula is C40H71O10P. The van der Waals surface area contributed by atoms with Gasteiger partial charge in [0.2, 0.25) is 0 Å². The standard InChI is InChI=1S/C40H71O10P/c1-3-5-7-9-11-13-15-17-18-20-22-24-26-28-30-32-40(44)50-38(36-49-51(45,46)48-34-37(42)33-41)35-47-39(43)31-29-27-25-23-21-19-16-14-12-10-8-6-4-2/h5,7,11,13,17-18,22,24,37-38,41-42H,3-4,6,8-10,12,14-16,19-21,23,25-36H2,1-2H3,(H,45,46)/b7-5-,13-11-,18-17-,24-22-/t37-,38+/m0/s1. The molecule has 1 unspecified atom stereocenters. The molecule has 51 heavy (non-hydrogen) atoms. The minimum atomic E-state index is -4.62. The van der Waals surface area contributed by atoms with Crippen LogP contribution in [0.15, 0.2) is 48.6 Å². The molecule has 0 aromatic rings. The number of allylic oxidation sites excluding steroid dienone is 8. The Hall–Kier alpha value is -2.07. The molecule has 0 aliphatic carbocycles. The SMILES string of the molecule is CC/C=C\C/C=C\C/C=C\C/C=C\CCCCC(=O)O[C@H](COC(=O)CCCCCCCCCCCCCCC)COP(=O)(O)OC[C@@H](O)CO. The van der Waals surface area contributed by atoms with Crippen molar-refractivity contribution in [3.05, 3.63) is 48.6 Å². The second kappa shape index (κ2) is 36.3. The molecule has 3 N–H and O–H groups in total. The van der Waals surface area contributed by atoms with E-state index in [2.05, 4.69) is 67.0 Å². The molecule has 0 aliphatic heterocycles. The Labute approximate surface area is 309 Å². The van der Waals surface area contributed by atoms with E-state index in [1.165, 1.54) is 57.8 Å². The van der Waals surface area contributed by atoms with Crippen molar-refractivity contribution in [1.29, 1.82) is 0 Å². The van der Waals surface area contributed by atoms with Gasteiger partial charge >= 0.3 is 19.8 Å². The van der Waals surface area contributed by atoms with Gasteiger partial charge in [-0.3, -0.25) is 18.6 Å². The molecule has 0 aliphatic rings. The largest absolute Gasteiger partial charge is 0.472 e. The van der Waals surface area contributed by atoms with Crippen molar-refractivity contribution in [2.24, 2.45) is 0 Å². The van der Waals surface area contributed by atoms with E-state index in [-0.39, 0.29) is 19.4 Å². The summed E-state index contributed by atoms with van der Waals surface area (Å²) >= 11 is 0. The van der Waals surface area contributed by atoms with Gasteiger partial charge in [-0.2, -0.15) is 0 Å². The van der Waals surface area contributed by atoms with E-state index in [0.29, 0.717) is 12.8 Å². The third kappa shape index (κ3) is 36.1. The molecule has 0 saturated heterocycles. The lowest BCUT2D eigenvalue weighted by Crippen LogP contribution is -2.29. The molecule has 3 atom stereocenters. The fraction of sp³-hybridized carbons (Fsp3) is 0.750. The molecule has 0 rings (SSSR count). The van der Waals surface area contributed by atoms with Crippen LogP contribution in [0.25, 0.3) is 0 Å². The van der Waals surface area contributed by atoms with Crippen LogP contribution in [0.1, 0.15) is 155 Å². The van der Waals surface area contributed by atoms with Crippen molar-refractivity contribution >= 4 is 19.8 Å². The average Bonchev–Trinajstić information content (AvgIpc) is 3.12. The average molecular weight is 743 g/mol. The number of ether oxygens (including phenoxy) is 2. The molecule has 0 saturated carbocycles. The van der Waals surface area contributed by atoms with Crippen LogP contribution < -0.4 is 0 Å². The molecule has 11 heteroatoms. The highest BCUT2D eigenvalue weighted by Gasteiger charge is 2.27. The molecule has 0 bridgehead atoms. The molecule has 0 amide bonds. The quantitative estimate of drug-likeness (QED) is 0.0245. The lowest BCUT2D eigenvalue weighted by molar-refractivity contribution is -0.161. The van der Waals surface area contributed by atoms with Gasteiger partial charge in [0.25, 0.3) is 0 Å². The Balaban J connectivity index is 4.43. The Kier molecular flexibility index (Phi) is 34.8. The van der Waals surface area contributed by atoms with Gasteiger partial charge in [-0.25, -0.2) is 4.57 Å². The van der Waals surface area contributed by atoms with Crippen molar-refractivity contribution in [3.63, 3.8) is 0 Å². The summed E-state index contributed by atoms with van der Waals surface area (Å²) in [5.74, 6) is -0.975. The van der Waals surface area contributed by atoms with E-state index in [1.54, 1.807) is 0 Å². The summed E-state index contributed by atoms with van der Waals surface area (Å²) in [4.78, 5) is 34.8. The fourth-order valence-electron chi connectivity index (χ4n) is 4.98. The second-order valence-corrected chi connectivity index (χ2v) is 14.4. The van der Waals surface area contributed by atoms with Crippen LogP contribution in [0.5, 0.6) is 0 Å². The molecule has 0 heterocycles. The number of esters is 2. The van der Waals surface area contributed by atoms with Crippen LogP contribution in [0, 0.1) is 0 Å². The van der Waals surface area contributed by atoms with Crippen molar-refractivity contribution in [3.8, 4) is 0 Å². The first kappa shape index (κ1) is 48.9. The van der Waals surface area contributed by atoms with Gasteiger partial charge in [0.1, 0.15) is 12.7 Å². The number of aliphatic hydroxyl groups is 2. The zero-order chi connectivity index (χ0) is 37.7. The van der Waals surface area contributed by atoms with E-state index in [0.717, 1.165) is 57.8 Å². The van der Waals surface area contributed by atoms with Gasteiger partial charge in [-0.15, -0.1) is 0 Å². The predicted octanol–water partition coefficient (Wildman–Crippen LogP) is 9.77. The topological polar surface area (TPSA) is 149 Å². The smallest absolute Gasteiger partial charge is 0.462 e. The molecule has 0 spiro atoms. The summed E-state index contributed by atoms with van der Waals surface area (Å²) in [7, 11) is -4.62. The van der Waals surface area contributed by atoms with Gasteiger partial charge < -0.3 is 24.6 Å². The highest BCUT2D eigenvalue weighted by atomic mass is 31.2. The number of aliphatic hydroxyl groups excluding tert-OH is 2. The maximum atomic E-state index is 12.5. The summed E-state index contributed by atoms with van der Waals surface area (Å²) in [6.45, 7) is 2.20. The maximum Gasteiger partial charge on any atom is 0.472 e. The lowest BCUT2D eigenvalue weighted by Gasteiger charge is -2.20. The first-order chi connectivity index (χ1) is 24.7. The number of unbranched alkanes of at least 4 members (excludes halogenated alkanes) is 14. The maximum absolute atomic E-state index is 12.5. The van der Waals surface area contributed by atoms with E-state index in [9.17, 15) is 24.2 Å². The van der Waals surface area contributed by atoms with Gasteiger partial charge in [0.15, 0.2) is 6.10 Å². The van der Waals surface area contributed by atoms with Crippen molar-refractivity contribution in [2.45, 2.75) is 167 Å². The minimum Gasteiger partial charge on any atom is -0.462 e. The minimum absolute atomic E-state index is 0.132. The van der Waals surface area contributed by atoms with Gasteiger partial charge in [-0.1, -0.05) is 140 Å². The van der Waals surface area contributed by atoms with Gasteiger partial charge in [0, 0.05) is 12.8 Å². The summed E-state index contributed by atoms with van der Waals surface area (Å²) in [6, 6.07) is 0. The number of rotatable bonds is 36. The molecule has 0 aromatic carbocycles. The zero-order valence-corrected chi connectivity index (χ0v) is 32.7. The van der Waals surface area contributed by atoms with E-state index in [1.807, 2.05) is 0 Å². The second-order valence-electron chi connectivity index (χ2n) is 12.9. The number of phosphoric acid groups is 1. The third-order valence-corrected chi connectivity index (χ3v) is 8.95. The van der Waals surface area contributed by atoms with Gasteiger partial charge in [0.05, 0.1) is 19.8 Å². The normalized spacial score (nSPS) is 14.5. The van der Waals surface area contributed by atoms with Crippen LogP contribution in [0.3, 0.4) is 0 Å². The highest BCUT2D eigenvalue weighted by Crippen LogP contribution is 2.43. The predicted molar refractivity (Wildman–Crippen MR) is 205 cm³/mol. The Bertz CT molecular complexity index is 994. The summed E-state index contributed by atoms with van der Waals surface area (Å²) < 4.78 is 32.6. The molecule has 0 radical (unpaired) electrons. The molecule has 10 nitrogen and oxygen atoms in total. The van der Waals surface area contributed by atoms with Crippen LogP contribution in [0.4, 0.5) is 0 Å². The van der Waals surface area contributed by atoms with E-state index < -0.39 is 51.8 Å². The van der Waals surface area contributed by atoms with Crippen molar-refractivity contribution < 1.29 is 47.8 Å². The van der Waals surface area contributed by atoms with Crippen LogP contribution in [-0.4, -0.2) is 65.7 Å². The first-order valence-corrected chi connectivity index (χ1v) is 21.1. The van der Waals surface area contributed by atoms with Crippen LogP contribution in [0.2, 0.25) is 0 Å². The summed E-state index contributed by atoms with van der Waals surface area (Å²) in [6.07, 6.45) is 36.5. The number of carbonyl (C=O) groups excluding carboxylic acids is 2. The molecular weight excluding hydrogens is 671 g/mol. The van der Waals surface area contributed by atoms with Crippen LogP contribution in [-0.2, 0) is 32.7 Å². The van der Waals surface area contributed by atoms with Gasteiger partial charge in [-0.05, 0) is 51.4 Å². The number of hydrogen-bond donors (Lipinski definition) is 3. The highest BCUT2D eigenvalue weighted by molar-refractivity contribution is 7.47. The van der Waals surface area contributed by atoms with E-state index in [4.69, 9.17) is 19.1 Å². The van der Waals surface area contributed by atoms with Crippen LogP contribution >= 0.6 is 7.82 Å². The number of carbonyl (C=O) groups is 2. The monoisotopic (exact) mass is 742 g/mol. The molecule has 296 valence electrons. The molecule has 0 fully saturated rings. The van der Waals surface area contributed by atoms with E-state index >= 15 is 0 Å². The Morgan fingerprint density at radius 3 is 1.63 bits per heavy atom. The molecule has 0 aromatic heterocycles. The Morgan fingerprint density at radius 1 is 0.608 bits per heavy atom. The Morgan fingerprint density at radius 2 is 1.08 bits per heavy atom. The summed E-state index contributed by atoms with van der Waals surface area (Å²) in [5.41, 5.74) is 0. The number of phosphoric ester groups is 1. The first-order valence-electron chi connectivity index (χ1n) is 19.6. The van der Waals surface area contributed by atoms with Crippen molar-refractivity contribution in [1.82, 2.24) is 0 Å². The summed E-state index contributed by atoms with van der Waals surface area (Å²) in [5, 5.41) is 18.3. The zero-order valence-electron chi connectivity index (χ0n) is 31.8. The number of hydrogen-bond acceptors (Lipinski definition) is 9.